The molecule has 0 heterocycles. The number of hydrogen-bond acceptors (Lipinski definition) is 4. The fourth-order valence-corrected chi connectivity index (χ4v) is 3.87. The van der Waals surface area contributed by atoms with Crippen molar-refractivity contribution >= 4 is 16.0 Å². The molecule has 0 atom stereocenters. The minimum atomic E-state index is -5.11. The summed E-state index contributed by atoms with van der Waals surface area (Å²) in [6, 6.07) is 4.89. The second-order valence-electron chi connectivity index (χ2n) is 7.25. The molecule has 11 heteroatoms. The second-order valence-corrected chi connectivity index (χ2v) is 9.16. The number of nitrogens with zero attached hydrogens (tertiary/aromatic N) is 1. The first-order valence-corrected chi connectivity index (χ1v) is 9.96. The third kappa shape index (κ3) is 5.33. The average molecular weight is 451 g/mol. The highest BCUT2D eigenvalue weighted by Crippen LogP contribution is 2.27. The van der Waals surface area contributed by atoms with Crippen LogP contribution in [-0.2, 0) is 26.1 Å². The van der Waals surface area contributed by atoms with Gasteiger partial charge in [0.05, 0.1) is 0 Å². The SMILES string of the molecule is CC(C)(C)OC(=O)CN(Cc1ccccc1F)S(=O)(=O)c1cc(F)c(F)c(F)c1F. The molecule has 2 rings (SSSR count). The number of ether oxygens (including phenoxy) is 1. The number of carbonyl (C=O) groups excluding carboxylic acids is 1. The van der Waals surface area contributed by atoms with E-state index in [-0.39, 0.29) is 15.9 Å². The molecule has 0 radical (unpaired) electrons. The van der Waals surface area contributed by atoms with Gasteiger partial charge in [-0.05, 0) is 26.8 Å². The molecule has 0 N–H and O–H groups in total. The van der Waals surface area contributed by atoms with Gasteiger partial charge in [0.25, 0.3) is 0 Å². The maximum atomic E-state index is 14.1. The van der Waals surface area contributed by atoms with Crippen LogP contribution in [0.1, 0.15) is 26.3 Å². The van der Waals surface area contributed by atoms with Crippen molar-refractivity contribution < 1.29 is 39.9 Å². The van der Waals surface area contributed by atoms with E-state index < -0.39 is 68.7 Å². The molecule has 2 aromatic rings. The first-order valence-electron chi connectivity index (χ1n) is 8.52. The molecule has 30 heavy (non-hydrogen) atoms. The standard InChI is InChI=1S/C19H18F5NO4S/c1-19(2,3)29-15(26)10-25(9-11-6-4-5-7-12(11)20)30(27,28)14-8-13(21)16(22)18(24)17(14)23/h4-8H,9-10H2,1-3H3. The quantitative estimate of drug-likeness (QED) is 0.289. The summed E-state index contributed by atoms with van der Waals surface area (Å²) in [7, 11) is -5.11. The molecule has 0 aliphatic carbocycles. The number of hydrogen-bond donors (Lipinski definition) is 0. The van der Waals surface area contributed by atoms with E-state index in [1.165, 1.54) is 39.0 Å². The van der Waals surface area contributed by atoms with Crippen LogP contribution in [0.4, 0.5) is 22.0 Å². The maximum absolute atomic E-state index is 14.1. The molecule has 0 amide bonds. The monoisotopic (exact) mass is 451 g/mol. The number of carbonyl (C=O) groups is 1. The summed E-state index contributed by atoms with van der Waals surface area (Å²) < 4.78 is 99.7. The molecule has 0 saturated carbocycles. The Balaban J connectivity index is 2.55. The van der Waals surface area contributed by atoms with Crippen LogP contribution in [0.25, 0.3) is 0 Å². The Bertz CT molecular complexity index is 1070. The van der Waals surface area contributed by atoms with Gasteiger partial charge in [-0.3, -0.25) is 4.79 Å². The summed E-state index contributed by atoms with van der Waals surface area (Å²) in [4.78, 5) is 10.6. The zero-order chi connectivity index (χ0) is 22.9. The Labute approximate surface area is 170 Å². The smallest absolute Gasteiger partial charge is 0.321 e. The van der Waals surface area contributed by atoms with Crippen molar-refractivity contribution in [3.8, 4) is 0 Å². The zero-order valence-electron chi connectivity index (χ0n) is 16.2. The molecule has 0 aliphatic rings. The molecular formula is C19H18F5NO4S. The number of esters is 1. The topological polar surface area (TPSA) is 63.7 Å². The van der Waals surface area contributed by atoms with Gasteiger partial charge in [0.1, 0.15) is 22.9 Å². The van der Waals surface area contributed by atoms with Gasteiger partial charge < -0.3 is 4.74 Å². The lowest BCUT2D eigenvalue weighted by Gasteiger charge is -2.25. The van der Waals surface area contributed by atoms with Gasteiger partial charge in [-0.2, -0.15) is 4.31 Å². The van der Waals surface area contributed by atoms with Gasteiger partial charge in [-0.15, -0.1) is 0 Å². The molecule has 0 aromatic heterocycles. The van der Waals surface area contributed by atoms with Gasteiger partial charge in [-0.1, -0.05) is 18.2 Å². The van der Waals surface area contributed by atoms with Crippen molar-refractivity contribution in [1.82, 2.24) is 4.31 Å². The van der Waals surface area contributed by atoms with Crippen molar-refractivity contribution in [3.05, 3.63) is 65.0 Å². The fourth-order valence-electron chi connectivity index (χ4n) is 2.44. The molecule has 5 nitrogen and oxygen atoms in total. The normalized spacial score (nSPS) is 12.3. The average Bonchev–Trinajstić information content (AvgIpc) is 2.62. The van der Waals surface area contributed by atoms with Crippen LogP contribution in [0, 0.1) is 29.1 Å². The Hall–Kier alpha value is -2.53. The maximum Gasteiger partial charge on any atom is 0.321 e. The van der Waals surface area contributed by atoms with Crippen molar-refractivity contribution in [2.45, 2.75) is 37.8 Å². The first-order chi connectivity index (χ1) is 13.7. The van der Waals surface area contributed by atoms with Crippen molar-refractivity contribution in [2.75, 3.05) is 6.54 Å². The van der Waals surface area contributed by atoms with E-state index in [0.29, 0.717) is 0 Å². The fraction of sp³-hybridized carbons (Fsp3) is 0.316. The predicted molar refractivity (Wildman–Crippen MR) is 96.1 cm³/mol. The molecule has 164 valence electrons. The van der Waals surface area contributed by atoms with Gasteiger partial charge >= 0.3 is 5.97 Å². The summed E-state index contributed by atoms with van der Waals surface area (Å²) in [5, 5.41) is 0. The van der Waals surface area contributed by atoms with E-state index in [1.807, 2.05) is 0 Å². The number of rotatable bonds is 6. The first kappa shape index (κ1) is 23.7. The van der Waals surface area contributed by atoms with Gasteiger partial charge in [0.15, 0.2) is 23.3 Å². The third-order valence-electron chi connectivity index (χ3n) is 3.72. The van der Waals surface area contributed by atoms with Gasteiger partial charge in [0, 0.05) is 18.2 Å². The van der Waals surface area contributed by atoms with E-state index in [1.54, 1.807) is 0 Å². The van der Waals surface area contributed by atoms with Gasteiger partial charge in [0.2, 0.25) is 10.0 Å². The summed E-state index contributed by atoms with van der Waals surface area (Å²) >= 11 is 0. The Morgan fingerprint density at radius 3 is 2.13 bits per heavy atom. The minimum absolute atomic E-state index is 0.0491. The van der Waals surface area contributed by atoms with E-state index in [0.717, 1.165) is 6.07 Å². The summed E-state index contributed by atoms with van der Waals surface area (Å²) in [6.07, 6.45) is 0. The van der Waals surface area contributed by atoms with E-state index in [4.69, 9.17) is 4.74 Å². The highest BCUT2D eigenvalue weighted by molar-refractivity contribution is 7.89. The Morgan fingerprint density at radius 1 is 0.967 bits per heavy atom. The van der Waals surface area contributed by atoms with Crippen molar-refractivity contribution in [3.63, 3.8) is 0 Å². The van der Waals surface area contributed by atoms with Crippen LogP contribution < -0.4 is 0 Å². The molecule has 2 aromatic carbocycles. The van der Waals surface area contributed by atoms with Crippen LogP contribution in [0.5, 0.6) is 0 Å². The largest absolute Gasteiger partial charge is 0.459 e. The van der Waals surface area contributed by atoms with Crippen molar-refractivity contribution in [2.24, 2.45) is 0 Å². The predicted octanol–water partition coefficient (Wildman–Crippen LogP) is 3.91. The van der Waals surface area contributed by atoms with E-state index in [9.17, 15) is 35.2 Å². The van der Waals surface area contributed by atoms with Crippen LogP contribution in [0.15, 0.2) is 35.2 Å². The lowest BCUT2D eigenvalue weighted by Crippen LogP contribution is -2.39. The molecule has 0 aliphatic heterocycles. The molecule has 0 fully saturated rings. The van der Waals surface area contributed by atoms with Gasteiger partial charge in [-0.25, -0.2) is 30.4 Å². The van der Waals surface area contributed by atoms with Crippen molar-refractivity contribution in [1.29, 1.82) is 0 Å². The Kier molecular flexibility index (Phi) is 6.87. The number of sulfonamides is 1. The van der Waals surface area contributed by atoms with E-state index >= 15 is 0 Å². The van der Waals surface area contributed by atoms with E-state index in [2.05, 4.69) is 0 Å². The lowest BCUT2D eigenvalue weighted by atomic mass is 10.2. The summed E-state index contributed by atoms with van der Waals surface area (Å²) in [5.74, 6) is -10.6. The number of halogens is 5. The minimum Gasteiger partial charge on any atom is -0.459 e. The van der Waals surface area contributed by atoms with Crippen LogP contribution in [0.2, 0.25) is 0 Å². The summed E-state index contributed by atoms with van der Waals surface area (Å²) in [5.41, 5.74) is -1.21. The molecule has 0 unspecified atom stereocenters. The molecule has 0 saturated heterocycles. The highest BCUT2D eigenvalue weighted by Gasteiger charge is 2.34. The Morgan fingerprint density at radius 2 is 1.57 bits per heavy atom. The lowest BCUT2D eigenvalue weighted by molar-refractivity contribution is -0.155. The summed E-state index contributed by atoms with van der Waals surface area (Å²) in [6.45, 7) is 2.71. The molecular weight excluding hydrogens is 433 g/mol. The van der Waals surface area contributed by atoms with Crippen LogP contribution in [0.3, 0.4) is 0 Å². The zero-order valence-corrected chi connectivity index (χ0v) is 17.0. The van der Waals surface area contributed by atoms with Crippen LogP contribution >= 0.6 is 0 Å². The second kappa shape index (κ2) is 8.68. The third-order valence-corrected chi connectivity index (χ3v) is 5.51. The molecule has 0 spiro atoms. The highest BCUT2D eigenvalue weighted by atomic mass is 32.2. The molecule has 0 bridgehead atoms. The number of benzene rings is 2. The van der Waals surface area contributed by atoms with Crippen LogP contribution in [-0.4, -0.2) is 30.8 Å².